The average Bonchev–Trinajstić information content (AvgIpc) is 3.08. The molecule has 1 amide bonds. The summed E-state index contributed by atoms with van der Waals surface area (Å²) in [5.41, 5.74) is 1.54. The zero-order valence-corrected chi connectivity index (χ0v) is 14.9. The monoisotopic (exact) mass is 339 g/mol. The van der Waals surface area contributed by atoms with Crippen LogP contribution >= 0.6 is 0 Å². The van der Waals surface area contributed by atoms with Gasteiger partial charge in [-0.05, 0) is 37.1 Å². The lowest BCUT2D eigenvalue weighted by atomic mass is 10.1. The van der Waals surface area contributed by atoms with Crippen molar-refractivity contribution in [2.24, 2.45) is 5.92 Å². The van der Waals surface area contributed by atoms with E-state index in [4.69, 9.17) is 0 Å². The number of hydrogen-bond acceptors (Lipinski definition) is 5. The first kappa shape index (κ1) is 17.5. The van der Waals surface area contributed by atoms with Crippen LogP contribution in [-0.2, 0) is 6.54 Å². The van der Waals surface area contributed by atoms with Gasteiger partial charge >= 0.3 is 0 Å². The van der Waals surface area contributed by atoms with Crippen molar-refractivity contribution in [3.05, 3.63) is 53.9 Å². The molecule has 1 atom stereocenters. The highest BCUT2D eigenvalue weighted by molar-refractivity contribution is 5.92. The van der Waals surface area contributed by atoms with Crippen LogP contribution in [0.1, 0.15) is 48.2 Å². The standard InChI is InChI=1S/C19H25N5O/c1-14(2)18-21-9-6-17(23-18)19(25)22-11-15-7-10-24(12-15)13-16-5-3-4-8-20-16/h3-6,8-9,14-15H,7,10-13H2,1-2H3,(H,22,25). The number of nitrogens with zero attached hydrogens (tertiary/aromatic N) is 4. The minimum absolute atomic E-state index is 0.118. The zero-order valence-electron chi connectivity index (χ0n) is 14.9. The smallest absolute Gasteiger partial charge is 0.270 e. The van der Waals surface area contributed by atoms with E-state index in [1.807, 2.05) is 32.2 Å². The summed E-state index contributed by atoms with van der Waals surface area (Å²) in [7, 11) is 0. The summed E-state index contributed by atoms with van der Waals surface area (Å²) in [5.74, 6) is 1.27. The molecule has 132 valence electrons. The van der Waals surface area contributed by atoms with E-state index < -0.39 is 0 Å². The summed E-state index contributed by atoms with van der Waals surface area (Å²) in [6.45, 7) is 7.62. The summed E-state index contributed by atoms with van der Waals surface area (Å²) >= 11 is 0. The van der Waals surface area contributed by atoms with Crippen LogP contribution in [0.4, 0.5) is 0 Å². The summed E-state index contributed by atoms with van der Waals surface area (Å²) < 4.78 is 0. The Balaban J connectivity index is 1.47. The molecule has 2 aromatic rings. The Kier molecular flexibility index (Phi) is 5.71. The molecule has 25 heavy (non-hydrogen) atoms. The minimum atomic E-state index is -0.118. The Hall–Kier alpha value is -2.34. The van der Waals surface area contributed by atoms with Crippen LogP contribution in [-0.4, -0.2) is 45.4 Å². The van der Waals surface area contributed by atoms with Gasteiger partial charge in [-0.1, -0.05) is 19.9 Å². The highest BCUT2D eigenvalue weighted by Gasteiger charge is 2.23. The van der Waals surface area contributed by atoms with E-state index in [-0.39, 0.29) is 11.8 Å². The average molecular weight is 339 g/mol. The molecule has 6 heteroatoms. The summed E-state index contributed by atoms with van der Waals surface area (Å²) in [5, 5.41) is 3.02. The van der Waals surface area contributed by atoms with Crippen molar-refractivity contribution in [2.75, 3.05) is 19.6 Å². The van der Waals surface area contributed by atoms with Crippen molar-refractivity contribution in [1.82, 2.24) is 25.2 Å². The molecule has 1 N–H and O–H groups in total. The normalized spacial score (nSPS) is 17.8. The van der Waals surface area contributed by atoms with E-state index in [1.54, 1.807) is 12.3 Å². The number of carbonyl (C=O) groups excluding carboxylic acids is 1. The molecule has 0 aromatic carbocycles. The van der Waals surface area contributed by atoms with Gasteiger partial charge in [-0.15, -0.1) is 0 Å². The first-order chi connectivity index (χ1) is 12.1. The molecule has 0 bridgehead atoms. The van der Waals surface area contributed by atoms with Gasteiger partial charge in [-0.3, -0.25) is 14.7 Å². The predicted octanol–water partition coefficient (Wildman–Crippen LogP) is 2.25. The molecule has 0 aliphatic carbocycles. The van der Waals surface area contributed by atoms with Crippen molar-refractivity contribution in [2.45, 2.75) is 32.7 Å². The fourth-order valence-electron chi connectivity index (χ4n) is 3.05. The molecule has 0 radical (unpaired) electrons. The van der Waals surface area contributed by atoms with Gasteiger partial charge in [0.05, 0.1) is 5.69 Å². The van der Waals surface area contributed by atoms with Crippen LogP contribution in [0.3, 0.4) is 0 Å². The van der Waals surface area contributed by atoms with E-state index in [0.29, 0.717) is 24.0 Å². The SMILES string of the molecule is CC(C)c1nccc(C(=O)NCC2CCN(Cc3ccccn3)C2)n1. The number of pyridine rings is 1. The Bertz CT molecular complexity index is 704. The van der Waals surface area contributed by atoms with E-state index in [9.17, 15) is 4.79 Å². The third kappa shape index (κ3) is 4.82. The van der Waals surface area contributed by atoms with Crippen molar-refractivity contribution in [3.63, 3.8) is 0 Å². The number of rotatable bonds is 6. The van der Waals surface area contributed by atoms with Crippen molar-refractivity contribution in [1.29, 1.82) is 0 Å². The second kappa shape index (κ2) is 8.16. The van der Waals surface area contributed by atoms with Crippen LogP contribution in [0, 0.1) is 5.92 Å². The van der Waals surface area contributed by atoms with Crippen LogP contribution in [0.15, 0.2) is 36.7 Å². The van der Waals surface area contributed by atoms with E-state index in [0.717, 1.165) is 31.7 Å². The number of amides is 1. The van der Waals surface area contributed by atoms with Crippen molar-refractivity contribution >= 4 is 5.91 Å². The van der Waals surface area contributed by atoms with Gasteiger partial charge in [0.25, 0.3) is 5.91 Å². The molecular formula is C19H25N5O. The molecular weight excluding hydrogens is 314 g/mol. The van der Waals surface area contributed by atoms with Gasteiger partial charge in [0.2, 0.25) is 0 Å². The second-order valence-corrected chi connectivity index (χ2v) is 6.88. The number of hydrogen-bond donors (Lipinski definition) is 1. The zero-order chi connectivity index (χ0) is 17.6. The van der Waals surface area contributed by atoms with E-state index >= 15 is 0 Å². The summed E-state index contributed by atoms with van der Waals surface area (Å²) in [6, 6.07) is 7.67. The molecule has 1 fully saturated rings. The Morgan fingerprint density at radius 3 is 2.92 bits per heavy atom. The van der Waals surface area contributed by atoms with E-state index in [1.165, 1.54) is 0 Å². The summed E-state index contributed by atoms with van der Waals surface area (Å²) in [6.07, 6.45) is 4.58. The van der Waals surface area contributed by atoms with Crippen LogP contribution in [0.25, 0.3) is 0 Å². The summed E-state index contributed by atoms with van der Waals surface area (Å²) in [4.78, 5) is 27.6. The fourth-order valence-corrected chi connectivity index (χ4v) is 3.05. The first-order valence-corrected chi connectivity index (χ1v) is 8.85. The van der Waals surface area contributed by atoms with Gasteiger partial charge in [0.1, 0.15) is 11.5 Å². The van der Waals surface area contributed by atoms with Crippen LogP contribution in [0.5, 0.6) is 0 Å². The second-order valence-electron chi connectivity index (χ2n) is 6.88. The highest BCUT2D eigenvalue weighted by Crippen LogP contribution is 2.17. The lowest BCUT2D eigenvalue weighted by Crippen LogP contribution is -2.31. The number of carbonyl (C=O) groups is 1. The van der Waals surface area contributed by atoms with Crippen molar-refractivity contribution < 1.29 is 4.79 Å². The fraction of sp³-hybridized carbons (Fsp3) is 0.474. The van der Waals surface area contributed by atoms with Gasteiger partial charge in [0.15, 0.2) is 0 Å². The van der Waals surface area contributed by atoms with Crippen LogP contribution < -0.4 is 5.32 Å². The molecule has 0 saturated carbocycles. The van der Waals surface area contributed by atoms with Gasteiger partial charge in [0, 0.05) is 37.9 Å². The molecule has 3 rings (SSSR count). The maximum absolute atomic E-state index is 12.3. The Morgan fingerprint density at radius 2 is 2.16 bits per heavy atom. The lowest BCUT2D eigenvalue weighted by molar-refractivity contribution is 0.0941. The third-order valence-corrected chi connectivity index (χ3v) is 4.46. The Morgan fingerprint density at radius 1 is 1.28 bits per heavy atom. The van der Waals surface area contributed by atoms with Crippen LogP contribution in [0.2, 0.25) is 0 Å². The number of aromatic nitrogens is 3. The quantitative estimate of drug-likeness (QED) is 0.874. The van der Waals surface area contributed by atoms with Gasteiger partial charge < -0.3 is 5.32 Å². The lowest BCUT2D eigenvalue weighted by Gasteiger charge is -2.16. The molecule has 6 nitrogen and oxygen atoms in total. The molecule has 1 unspecified atom stereocenters. The Labute approximate surface area is 148 Å². The van der Waals surface area contributed by atoms with Gasteiger partial charge in [-0.25, -0.2) is 9.97 Å². The molecule has 1 aliphatic heterocycles. The highest BCUT2D eigenvalue weighted by atomic mass is 16.1. The molecule has 2 aromatic heterocycles. The maximum Gasteiger partial charge on any atom is 0.270 e. The maximum atomic E-state index is 12.3. The molecule has 1 saturated heterocycles. The molecule has 0 spiro atoms. The molecule has 1 aliphatic rings. The minimum Gasteiger partial charge on any atom is -0.350 e. The number of nitrogens with one attached hydrogen (secondary N) is 1. The molecule has 3 heterocycles. The van der Waals surface area contributed by atoms with Gasteiger partial charge in [-0.2, -0.15) is 0 Å². The first-order valence-electron chi connectivity index (χ1n) is 8.85. The predicted molar refractivity (Wildman–Crippen MR) is 96.1 cm³/mol. The largest absolute Gasteiger partial charge is 0.350 e. The van der Waals surface area contributed by atoms with Crippen molar-refractivity contribution in [3.8, 4) is 0 Å². The third-order valence-electron chi connectivity index (χ3n) is 4.46. The topological polar surface area (TPSA) is 71.0 Å². The van der Waals surface area contributed by atoms with E-state index in [2.05, 4.69) is 31.2 Å². The number of likely N-dealkylation sites (tertiary alicyclic amines) is 1.